The summed E-state index contributed by atoms with van der Waals surface area (Å²) in [6.07, 6.45) is -0.0887. The molecule has 8 heteroatoms. The van der Waals surface area contributed by atoms with Crippen LogP contribution in [0.25, 0.3) is 0 Å². The molecular weight excluding hydrogens is 248 g/mol. The average molecular weight is 272 g/mol. The van der Waals surface area contributed by atoms with E-state index in [1.54, 1.807) is 21.3 Å². The molecular formula is C9H24O7Si. The monoisotopic (exact) mass is 272 g/mol. The lowest BCUT2D eigenvalue weighted by molar-refractivity contribution is 0.00543. The summed E-state index contributed by atoms with van der Waals surface area (Å²) in [5.74, 6) is 0. The van der Waals surface area contributed by atoms with Gasteiger partial charge in [0, 0.05) is 34.0 Å². The van der Waals surface area contributed by atoms with Crippen molar-refractivity contribution < 1.29 is 33.7 Å². The highest BCUT2D eigenvalue weighted by atomic mass is 28.4. The number of aliphatic hydroxyl groups is 2. The number of ether oxygens (including phenoxy) is 1. The Bertz CT molecular complexity index is 157. The number of hydrogen-bond acceptors (Lipinski definition) is 6. The first kappa shape index (κ1) is 19.3. The summed E-state index contributed by atoms with van der Waals surface area (Å²) >= 11 is 0. The highest BCUT2D eigenvalue weighted by Crippen LogP contribution is 2.14. The summed E-state index contributed by atoms with van der Waals surface area (Å²) in [4.78, 5) is 0. The molecule has 0 aliphatic heterocycles. The van der Waals surface area contributed by atoms with Gasteiger partial charge in [-0.05, 0) is 6.42 Å². The van der Waals surface area contributed by atoms with Gasteiger partial charge in [-0.15, -0.1) is 0 Å². The van der Waals surface area contributed by atoms with Gasteiger partial charge in [0.2, 0.25) is 0 Å². The van der Waals surface area contributed by atoms with Crippen molar-refractivity contribution in [2.24, 2.45) is 0 Å². The molecule has 0 radical (unpaired) electrons. The molecule has 0 bridgehead atoms. The zero-order valence-electron chi connectivity index (χ0n) is 10.6. The summed E-state index contributed by atoms with van der Waals surface area (Å²) in [6.45, 7) is 0.326. The molecule has 0 aliphatic rings. The van der Waals surface area contributed by atoms with Crippen molar-refractivity contribution in [2.45, 2.75) is 18.6 Å². The van der Waals surface area contributed by atoms with E-state index < -0.39 is 14.9 Å². The van der Waals surface area contributed by atoms with E-state index in [0.717, 1.165) is 6.42 Å². The van der Waals surface area contributed by atoms with Crippen molar-refractivity contribution in [1.29, 1.82) is 0 Å². The summed E-state index contributed by atoms with van der Waals surface area (Å²) < 4.78 is 20.9. The Balaban J connectivity index is 0. The van der Waals surface area contributed by atoms with Crippen LogP contribution in [0.5, 0.6) is 0 Å². The van der Waals surface area contributed by atoms with E-state index in [1.807, 2.05) is 0 Å². The molecule has 0 aromatic heterocycles. The van der Waals surface area contributed by atoms with Gasteiger partial charge >= 0.3 is 8.80 Å². The minimum absolute atomic E-state index is 0. The van der Waals surface area contributed by atoms with E-state index >= 15 is 0 Å². The molecule has 0 heterocycles. The SMILES string of the molecule is CO[Si](CCCOCC(O)CO)(OC)OC.O. The quantitative estimate of drug-likeness (QED) is 0.382. The Hall–Kier alpha value is -0.0631. The minimum atomic E-state index is -2.49. The molecule has 106 valence electrons. The van der Waals surface area contributed by atoms with E-state index in [4.69, 9.17) is 28.2 Å². The summed E-state index contributed by atoms with van der Waals surface area (Å²) in [6, 6.07) is 0.658. The van der Waals surface area contributed by atoms with Gasteiger partial charge in [0.1, 0.15) is 6.10 Å². The van der Waals surface area contributed by atoms with Gasteiger partial charge in [0.15, 0.2) is 0 Å². The van der Waals surface area contributed by atoms with Crippen LogP contribution >= 0.6 is 0 Å². The second kappa shape index (κ2) is 11.1. The van der Waals surface area contributed by atoms with Crippen LogP contribution in [0.4, 0.5) is 0 Å². The molecule has 0 amide bonds. The Morgan fingerprint density at radius 3 is 2.06 bits per heavy atom. The zero-order chi connectivity index (χ0) is 12.4. The molecule has 1 unspecified atom stereocenters. The summed E-state index contributed by atoms with van der Waals surface area (Å²) in [5, 5.41) is 17.6. The molecule has 17 heavy (non-hydrogen) atoms. The lowest BCUT2D eigenvalue weighted by Crippen LogP contribution is -2.42. The molecule has 0 rings (SSSR count). The predicted octanol–water partition coefficient (Wildman–Crippen LogP) is -1.20. The average Bonchev–Trinajstić information content (AvgIpc) is 2.34. The Morgan fingerprint density at radius 1 is 1.12 bits per heavy atom. The van der Waals surface area contributed by atoms with Crippen LogP contribution in [0.3, 0.4) is 0 Å². The van der Waals surface area contributed by atoms with Crippen LogP contribution in [0, 0.1) is 0 Å². The third-order valence-electron chi connectivity index (χ3n) is 2.23. The van der Waals surface area contributed by atoms with E-state index in [1.165, 1.54) is 0 Å². The maximum Gasteiger partial charge on any atom is 0.500 e. The third-order valence-corrected chi connectivity index (χ3v) is 5.06. The van der Waals surface area contributed by atoms with E-state index in [2.05, 4.69) is 0 Å². The van der Waals surface area contributed by atoms with Gasteiger partial charge in [-0.2, -0.15) is 0 Å². The van der Waals surface area contributed by atoms with Crippen molar-refractivity contribution >= 4 is 8.80 Å². The van der Waals surface area contributed by atoms with Gasteiger partial charge < -0.3 is 33.7 Å². The summed E-state index contributed by atoms with van der Waals surface area (Å²) in [5.41, 5.74) is 0. The number of rotatable bonds is 10. The topological polar surface area (TPSA) is 109 Å². The molecule has 4 N–H and O–H groups in total. The van der Waals surface area contributed by atoms with Crippen molar-refractivity contribution in [3.8, 4) is 0 Å². The minimum Gasteiger partial charge on any atom is -0.412 e. The fraction of sp³-hybridized carbons (Fsp3) is 1.00. The lowest BCUT2D eigenvalue weighted by atomic mass is 10.4. The molecule has 0 aromatic rings. The molecule has 0 aromatic carbocycles. The van der Waals surface area contributed by atoms with Crippen LogP contribution < -0.4 is 0 Å². The predicted molar refractivity (Wildman–Crippen MR) is 63.7 cm³/mol. The second-order valence-electron chi connectivity index (χ2n) is 3.31. The van der Waals surface area contributed by atoms with Crippen LogP contribution in [-0.4, -0.2) is 71.7 Å². The van der Waals surface area contributed by atoms with Crippen LogP contribution in [0.1, 0.15) is 6.42 Å². The third kappa shape index (κ3) is 7.79. The van der Waals surface area contributed by atoms with Crippen molar-refractivity contribution in [1.82, 2.24) is 0 Å². The van der Waals surface area contributed by atoms with Gasteiger partial charge in [-0.25, -0.2) is 0 Å². The zero-order valence-corrected chi connectivity index (χ0v) is 11.6. The molecule has 1 atom stereocenters. The normalized spacial score (nSPS) is 13.2. The molecule has 0 saturated carbocycles. The molecule has 0 spiro atoms. The van der Waals surface area contributed by atoms with E-state index in [-0.39, 0.29) is 18.7 Å². The molecule has 0 aliphatic carbocycles. The van der Waals surface area contributed by atoms with Gasteiger partial charge in [0.25, 0.3) is 0 Å². The molecule has 0 saturated heterocycles. The van der Waals surface area contributed by atoms with Gasteiger partial charge in [0.05, 0.1) is 13.2 Å². The second-order valence-corrected chi connectivity index (χ2v) is 6.40. The van der Waals surface area contributed by atoms with Crippen molar-refractivity contribution in [2.75, 3.05) is 41.2 Å². The fourth-order valence-corrected chi connectivity index (χ4v) is 2.91. The summed E-state index contributed by atoms with van der Waals surface area (Å²) in [7, 11) is 2.20. The largest absolute Gasteiger partial charge is 0.500 e. The first-order valence-corrected chi connectivity index (χ1v) is 7.09. The first-order valence-electron chi connectivity index (χ1n) is 5.16. The van der Waals surface area contributed by atoms with E-state index in [0.29, 0.717) is 12.7 Å². The first-order chi connectivity index (χ1) is 7.64. The van der Waals surface area contributed by atoms with Gasteiger partial charge in [-0.3, -0.25) is 0 Å². The Morgan fingerprint density at radius 2 is 1.65 bits per heavy atom. The van der Waals surface area contributed by atoms with Crippen molar-refractivity contribution in [3.63, 3.8) is 0 Å². The highest BCUT2D eigenvalue weighted by Gasteiger charge is 2.36. The Kier molecular flexibility index (Phi) is 12.5. The lowest BCUT2D eigenvalue weighted by Gasteiger charge is -2.24. The van der Waals surface area contributed by atoms with Crippen LogP contribution in [0.15, 0.2) is 0 Å². The smallest absolute Gasteiger partial charge is 0.412 e. The van der Waals surface area contributed by atoms with Crippen molar-refractivity contribution in [3.05, 3.63) is 0 Å². The fourth-order valence-electron chi connectivity index (χ4n) is 1.22. The standard InChI is InChI=1S/C9H22O6Si.H2O/c1-12-16(13-2,14-3)6-4-5-15-8-9(11)7-10;/h9-11H,4-8H2,1-3H3;1H2. The maximum atomic E-state index is 9.02. The van der Waals surface area contributed by atoms with Crippen LogP contribution in [-0.2, 0) is 18.0 Å². The Labute approximate surface area is 103 Å². The number of aliphatic hydroxyl groups excluding tert-OH is 2. The maximum absolute atomic E-state index is 9.02. The van der Waals surface area contributed by atoms with E-state index in [9.17, 15) is 0 Å². The number of hydrogen-bond donors (Lipinski definition) is 2. The molecule has 7 nitrogen and oxygen atoms in total. The highest BCUT2D eigenvalue weighted by molar-refractivity contribution is 6.60. The molecule has 0 fully saturated rings. The van der Waals surface area contributed by atoms with Gasteiger partial charge in [-0.1, -0.05) is 0 Å². The van der Waals surface area contributed by atoms with Crippen LogP contribution in [0.2, 0.25) is 6.04 Å².